The molecule has 0 radical (unpaired) electrons. The van der Waals surface area contributed by atoms with Crippen LogP contribution in [-0.2, 0) is 0 Å². The first-order chi connectivity index (χ1) is 15.6. The van der Waals surface area contributed by atoms with Crippen molar-refractivity contribution in [2.75, 3.05) is 0 Å². The molecule has 0 saturated carbocycles. The molecule has 6 rings (SSSR count). The van der Waals surface area contributed by atoms with Crippen LogP contribution in [0.15, 0.2) is 84.9 Å². The Morgan fingerprint density at radius 2 is 0.750 bits per heavy atom. The largest absolute Gasteiger partial charge is 0.507 e. The molecule has 2 N–H and O–H groups in total. The zero-order valence-corrected chi connectivity index (χ0v) is 18.0. The number of phenolic OH excluding ortho intramolecular Hbond substituents is 2. The maximum absolute atomic E-state index is 11.2. The molecule has 0 bridgehead atoms. The quantitative estimate of drug-likeness (QED) is 0.268. The highest BCUT2D eigenvalue weighted by Gasteiger charge is 2.22. The van der Waals surface area contributed by atoms with Crippen molar-refractivity contribution in [3.63, 3.8) is 0 Å². The van der Waals surface area contributed by atoms with Crippen molar-refractivity contribution in [3.05, 3.63) is 96.1 Å². The first kappa shape index (κ1) is 18.7. The Balaban J connectivity index is 2.02. The Kier molecular flexibility index (Phi) is 3.93. The van der Waals surface area contributed by atoms with Gasteiger partial charge in [-0.3, -0.25) is 0 Å². The maximum Gasteiger partial charge on any atom is 0.131 e. The molecule has 32 heavy (non-hydrogen) atoms. The number of aryl methyl sites for hydroxylation is 2. The highest BCUT2D eigenvalue weighted by molar-refractivity contribution is 6.27. The molecule has 0 heterocycles. The van der Waals surface area contributed by atoms with Gasteiger partial charge in [0.25, 0.3) is 0 Å². The van der Waals surface area contributed by atoms with E-state index in [9.17, 15) is 10.2 Å². The predicted molar refractivity (Wildman–Crippen MR) is 135 cm³/mol. The van der Waals surface area contributed by atoms with E-state index in [1.54, 1.807) is 0 Å². The number of rotatable bonds is 1. The molecule has 0 amide bonds. The van der Waals surface area contributed by atoms with Crippen LogP contribution in [0.2, 0.25) is 0 Å². The van der Waals surface area contributed by atoms with Gasteiger partial charge in [-0.05, 0) is 57.6 Å². The maximum atomic E-state index is 11.2. The van der Waals surface area contributed by atoms with Gasteiger partial charge in [0.15, 0.2) is 0 Å². The van der Waals surface area contributed by atoms with Gasteiger partial charge in [0.05, 0.1) is 0 Å². The van der Waals surface area contributed by atoms with Gasteiger partial charge in [-0.25, -0.2) is 0 Å². The summed E-state index contributed by atoms with van der Waals surface area (Å²) in [7, 11) is 0. The summed E-state index contributed by atoms with van der Waals surface area (Å²) in [5, 5.41) is 29.8. The molecule has 0 aliphatic carbocycles. The fourth-order valence-corrected chi connectivity index (χ4v) is 5.29. The predicted octanol–water partition coefficient (Wildman–Crippen LogP) is 7.99. The topological polar surface area (TPSA) is 40.5 Å². The fourth-order valence-electron chi connectivity index (χ4n) is 5.29. The smallest absolute Gasteiger partial charge is 0.131 e. The Bertz CT molecular complexity index is 1580. The van der Waals surface area contributed by atoms with Crippen molar-refractivity contribution >= 4 is 43.1 Å². The normalized spacial score (nSPS) is 11.7. The molecule has 0 aliphatic heterocycles. The number of hydrogen-bond acceptors (Lipinski definition) is 2. The number of aromatic hydroxyl groups is 2. The van der Waals surface area contributed by atoms with Crippen molar-refractivity contribution in [3.8, 4) is 22.6 Å². The van der Waals surface area contributed by atoms with Crippen LogP contribution in [0.4, 0.5) is 0 Å². The van der Waals surface area contributed by atoms with Crippen molar-refractivity contribution in [2.45, 2.75) is 13.8 Å². The van der Waals surface area contributed by atoms with Crippen molar-refractivity contribution < 1.29 is 10.2 Å². The summed E-state index contributed by atoms with van der Waals surface area (Å²) in [6.07, 6.45) is 0. The average Bonchev–Trinajstić information content (AvgIpc) is 2.82. The summed E-state index contributed by atoms with van der Waals surface area (Å²) >= 11 is 0. The van der Waals surface area contributed by atoms with Gasteiger partial charge in [0.2, 0.25) is 0 Å². The summed E-state index contributed by atoms with van der Waals surface area (Å²) in [5.74, 6) is 0.624. The van der Waals surface area contributed by atoms with Crippen LogP contribution in [0.25, 0.3) is 54.2 Å². The molecule has 6 aromatic carbocycles. The van der Waals surface area contributed by atoms with Crippen LogP contribution in [0.1, 0.15) is 11.1 Å². The zero-order valence-electron chi connectivity index (χ0n) is 18.0. The second kappa shape index (κ2) is 6.73. The molecule has 2 heteroatoms. The summed E-state index contributed by atoms with van der Waals surface area (Å²) in [6, 6.07) is 28.3. The summed E-state index contributed by atoms with van der Waals surface area (Å²) < 4.78 is 0. The van der Waals surface area contributed by atoms with Gasteiger partial charge < -0.3 is 10.2 Å². The lowest BCUT2D eigenvalue weighted by Gasteiger charge is -2.21. The van der Waals surface area contributed by atoms with Gasteiger partial charge in [0.1, 0.15) is 11.5 Å². The number of fused-ring (bicyclic) bond motifs is 4. The minimum atomic E-state index is 0.312. The van der Waals surface area contributed by atoms with E-state index in [4.69, 9.17) is 0 Å². The lowest BCUT2D eigenvalue weighted by atomic mass is 9.83. The monoisotopic (exact) mass is 414 g/mol. The van der Waals surface area contributed by atoms with E-state index in [-0.39, 0.29) is 0 Å². The highest BCUT2D eigenvalue weighted by Crippen LogP contribution is 2.50. The van der Waals surface area contributed by atoms with E-state index in [0.717, 1.165) is 65.3 Å². The minimum Gasteiger partial charge on any atom is -0.507 e. The summed E-state index contributed by atoms with van der Waals surface area (Å²) in [5.41, 5.74) is 4.42. The molecule has 0 saturated heterocycles. The first-order valence-electron chi connectivity index (χ1n) is 10.8. The van der Waals surface area contributed by atoms with Gasteiger partial charge in [-0.15, -0.1) is 0 Å². The number of phenols is 2. The lowest BCUT2D eigenvalue weighted by Crippen LogP contribution is -1.94. The molecule has 0 aromatic heterocycles. The SMILES string of the molecule is Cc1cccc2c(O)c3ccccc3c(-c3c4ccccc4c(O)c4cccc(C)c34)c12. The van der Waals surface area contributed by atoms with E-state index in [2.05, 4.69) is 38.1 Å². The van der Waals surface area contributed by atoms with Crippen molar-refractivity contribution in [1.82, 2.24) is 0 Å². The molecule has 0 fully saturated rings. The van der Waals surface area contributed by atoms with E-state index in [1.807, 2.05) is 60.7 Å². The van der Waals surface area contributed by atoms with Gasteiger partial charge in [0, 0.05) is 21.5 Å². The Labute approximate surface area is 186 Å². The van der Waals surface area contributed by atoms with E-state index in [1.165, 1.54) is 0 Å². The van der Waals surface area contributed by atoms with Gasteiger partial charge in [-0.1, -0.05) is 84.9 Å². The van der Waals surface area contributed by atoms with E-state index in [0.29, 0.717) is 11.5 Å². The second-order valence-electron chi connectivity index (χ2n) is 8.53. The van der Waals surface area contributed by atoms with E-state index < -0.39 is 0 Å². The van der Waals surface area contributed by atoms with Crippen molar-refractivity contribution in [1.29, 1.82) is 0 Å². The van der Waals surface area contributed by atoms with Crippen molar-refractivity contribution in [2.24, 2.45) is 0 Å². The summed E-state index contributed by atoms with van der Waals surface area (Å²) in [4.78, 5) is 0. The van der Waals surface area contributed by atoms with Crippen LogP contribution < -0.4 is 0 Å². The average molecular weight is 415 g/mol. The first-order valence-corrected chi connectivity index (χ1v) is 10.8. The zero-order chi connectivity index (χ0) is 22.0. The molecular weight excluding hydrogens is 392 g/mol. The Morgan fingerprint density at radius 1 is 0.406 bits per heavy atom. The Hall–Kier alpha value is -4.04. The standard InChI is InChI=1S/C30H22O2/c1-17-9-7-15-23-25(17)27(19-11-3-5-13-21(19)29(23)31)28-20-12-4-6-14-22(20)30(32)24-16-8-10-18(2)26(24)28/h3-16,31-32H,1-2H3. The van der Waals surface area contributed by atoms with Gasteiger partial charge in [-0.2, -0.15) is 0 Å². The second-order valence-corrected chi connectivity index (χ2v) is 8.53. The van der Waals surface area contributed by atoms with Crippen LogP contribution in [0, 0.1) is 13.8 Å². The molecular formula is C30H22O2. The Morgan fingerprint density at radius 3 is 1.16 bits per heavy atom. The lowest BCUT2D eigenvalue weighted by molar-refractivity contribution is 0.487. The van der Waals surface area contributed by atoms with Crippen LogP contribution in [0.5, 0.6) is 11.5 Å². The molecule has 0 unspecified atom stereocenters. The van der Waals surface area contributed by atoms with Crippen LogP contribution in [0.3, 0.4) is 0 Å². The molecule has 0 atom stereocenters. The van der Waals surface area contributed by atoms with E-state index >= 15 is 0 Å². The number of benzene rings is 6. The third-order valence-electron chi connectivity index (χ3n) is 6.71. The summed E-state index contributed by atoms with van der Waals surface area (Å²) in [6.45, 7) is 4.19. The molecule has 2 nitrogen and oxygen atoms in total. The highest BCUT2D eigenvalue weighted by atomic mass is 16.3. The fraction of sp³-hybridized carbons (Fsp3) is 0.0667. The molecule has 154 valence electrons. The molecule has 6 aromatic rings. The third-order valence-corrected chi connectivity index (χ3v) is 6.71. The molecule has 0 spiro atoms. The van der Waals surface area contributed by atoms with Crippen LogP contribution >= 0.6 is 0 Å². The third kappa shape index (κ3) is 2.41. The van der Waals surface area contributed by atoms with Gasteiger partial charge >= 0.3 is 0 Å². The number of hydrogen-bond donors (Lipinski definition) is 2. The molecule has 0 aliphatic rings. The minimum absolute atomic E-state index is 0.312. The van der Waals surface area contributed by atoms with Crippen LogP contribution in [-0.4, -0.2) is 10.2 Å².